The largest absolute Gasteiger partial charge is 0.465 e. The van der Waals surface area contributed by atoms with E-state index in [0.717, 1.165) is 5.69 Å². The number of amides is 1. The number of carbonyl (C=O) groups excluding carboxylic acids is 2. The van der Waals surface area contributed by atoms with Gasteiger partial charge in [-0.05, 0) is 26.0 Å². The summed E-state index contributed by atoms with van der Waals surface area (Å²) in [5.74, 6) is -0.622. The minimum Gasteiger partial charge on any atom is -0.465 e. The zero-order valence-corrected chi connectivity index (χ0v) is 11.5. The number of nitrogens with zero attached hydrogens (tertiary/aromatic N) is 3. The molecule has 0 radical (unpaired) electrons. The first kappa shape index (κ1) is 14.9. The van der Waals surface area contributed by atoms with Crippen molar-refractivity contribution >= 4 is 18.0 Å². The topological polar surface area (TPSA) is 64.4 Å². The van der Waals surface area contributed by atoms with E-state index in [4.69, 9.17) is 4.74 Å². The zero-order chi connectivity index (χ0) is 14.3. The van der Waals surface area contributed by atoms with E-state index in [0.29, 0.717) is 13.2 Å². The first-order valence-corrected chi connectivity index (χ1v) is 6.19. The number of rotatable bonds is 6. The molecule has 6 heteroatoms. The lowest BCUT2D eigenvalue weighted by Crippen LogP contribution is -2.35. The number of esters is 1. The van der Waals surface area contributed by atoms with Crippen molar-refractivity contribution in [3.05, 3.63) is 24.0 Å². The van der Waals surface area contributed by atoms with Gasteiger partial charge in [0, 0.05) is 25.9 Å². The third-order valence-electron chi connectivity index (χ3n) is 2.57. The van der Waals surface area contributed by atoms with Gasteiger partial charge in [-0.25, -0.2) is 0 Å². The summed E-state index contributed by atoms with van der Waals surface area (Å²) in [7, 11) is 1.79. The molecule has 0 fully saturated rings. The number of carbonyl (C=O) groups is 2. The Morgan fingerprint density at radius 3 is 2.74 bits per heavy atom. The number of aromatic nitrogens is 2. The summed E-state index contributed by atoms with van der Waals surface area (Å²) in [6.07, 6.45) is 4.75. The van der Waals surface area contributed by atoms with Gasteiger partial charge in [0.2, 0.25) is 5.91 Å². The average Bonchev–Trinajstić information content (AvgIpc) is 2.79. The Kier molecular flexibility index (Phi) is 5.78. The summed E-state index contributed by atoms with van der Waals surface area (Å²) in [5.41, 5.74) is 0.820. The molecular weight excluding hydrogens is 246 g/mol. The molecule has 19 heavy (non-hydrogen) atoms. The molecule has 0 bridgehead atoms. The van der Waals surface area contributed by atoms with Crippen LogP contribution in [-0.2, 0) is 21.4 Å². The van der Waals surface area contributed by atoms with Crippen molar-refractivity contribution in [2.45, 2.75) is 13.8 Å². The van der Waals surface area contributed by atoms with E-state index in [1.54, 1.807) is 37.0 Å². The lowest BCUT2D eigenvalue weighted by atomic mass is 10.3. The van der Waals surface area contributed by atoms with Crippen LogP contribution in [0.2, 0.25) is 0 Å². The number of likely N-dealkylation sites (N-methyl/N-ethyl adjacent to an activating group) is 1. The molecular formula is C13H19N3O3. The predicted molar refractivity (Wildman–Crippen MR) is 71.1 cm³/mol. The number of ether oxygens (including phenoxy) is 1. The molecule has 0 atom stereocenters. The van der Waals surface area contributed by atoms with Crippen molar-refractivity contribution in [3.8, 4) is 0 Å². The van der Waals surface area contributed by atoms with Crippen LogP contribution < -0.4 is 0 Å². The second-order valence-electron chi connectivity index (χ2n) is 3.87. The monoisotopic (exact) mass is 265 g/mol. The maximum Gasteiger partial charge on any atom is 0.325 e. The van der Waals surface area contributed by atoms with Crippen LogP contribution in [0.4, 0.5) is 0 Å². The number of aryl methyl sites for hydroxylation is 1. The van der Waals surface area contributed by atoms with E-state index in [-0.39, 0.29) is 12.5 Å². The highest BCUT2D eigenvalue weighted by Gasteiger charge is 2.13. The normalized spacial score (nSPS) is 10.7. The fraction of sp³-hybridized carbons (Fsp3) is 0.462. The Hall–Kier alpha value is -2.11. The van der Waals surface area contributed by atoms with Gasteiger partial charge in [0.05, 0.1) is 12.3 Å². The predicted octanol–water partition coefficient (Wildman–Crippen LogP) is 0.845. The van der Waals surface area contributed by atoms with E-state index < -0.39 is 5.97 Å². The van der Waals surface area contributed by atoms with Gasteiger partial charge in [-0.2, -0.15) is 5.10 Å². The average molecular weight is 265 g/mol. The van der Waals surface area contributed by atoms with Crippen LogP contribution in [-0.4, -0.2) is 46.3 Å². The summed E-state index contributed by atoms with van der Waals surface area (Å²) >= 11 is 0. The molecule has 0 unspecified atom stereocenters. The van der Waals surface area contributed by atoms with Crippen molar-refractivity contribution in [1.82, 2.24) is 14.7 Å². The quantitative estimate of drug-likeness (QED) is 0.565. The zero-order valence-electron chi connectivity index (χ0n) is 11.5. The molecule has 1 rings (SSSR count). The maximum absolute atomic E-state index is 11.9. The Labute approximate surface area is 112 Å². The molecule has 0 aliphatic rings. The second kappa shape index (κ2) is 7.35. The van der Waals surface area contributed by atoms with E-state index in [9.17, 15) is 9.59 Å². The van der Waals surface area contributed by atoms with Crippen LogP contribution in [0.15, 0.2) is 18.3 Å². The fourth-order valence-electron chi connectivity index (χ4n) is 1.52. The minimum atomic E-state index is -0.397. The van der Waals surface area contributed by atoms with Gasteiger partial charge >= 0.3 is 5.97 Å². The summed E-state index contributed by atoms with van der Waals surface area (Å²) in [4.78, 5) is 24.7. The van der Waals surface area contributed by atoms with Crippen molar-refractivity contribution in [1.29, 1.82) is 0 Å². The first-order valence-electron chi connectivity index (χ1n) is 6.19. The highest BCUT2D eigenvalue weighted by atomic mass is 16.5. The second-order valence-corrected chi connectivity index (χ2v) is 3.87. The summed E-state index contributed by atoms with van der Waals surface area (Å²) in [6.45, 7) is 4.29. The van der Waals surface area contributed by atoms with E-state index in [2.05, 4.69) is 5.10 Å². The van der Waals surface area contributed by atoms with Crippen LogP contribution in [0.1, 0.15) is 19.5 Å². The van der Waals surface area contributed by atoms with Gasteiger partial charge < -0.3 is 9.64 Å². The molecule has 0 aliphatic carbocycles. The molecule has 1 aromatic heterocycles. The molecule has 0 N–H and O–H groups in total. The van der Waals surface area contributed by atoms with Crippen molar-refractivity contribution in [2.75, 3.05) is 19.7 Å². The van der Waals surface area contributed by atoms with Gasteiger partial charge in [0.15, 0.2) is 0 Å². The summed E-state index contributed by atoms with van der Waals surface area (Å²) in [6, 6.07) is 1.80. The Morgan fingerprint density at radius 2 is 2.21 bits per heavy atom. The van der Waals surface area contributed by atoms with Crippen molar-refractivity contribution in [2.24, 2.45) is 7.05 Å². The third kappa shape index (κ3) is 4.57. The Balaban J connectivity index is 2.61. The van der Waals surface area contributed by atoms with Crippen molar-refractivity contribution < 1.29 is 14.3 Å². The molecule has 0 spiro atoms. The van der Waals surface area contributed by atoms with Crippen LogP contribution in [0.3, 0.4) is 0 Å². The van der Waals surface area contributed by atoms with Crippen LogP contribution in [0.25, 0.3) is 6.08 Å². The number of hydrogen-bond donors (Lipinski definition) is 0. The molecule has 0 saturated carbocycles. The van der Waals surface area contributed by atoms with Gasteiger partial charge in [-0.1, -0.05) is 0 Å². The van der Waals surface area contributed by atoms with Gasteiger partial charge in [0.25, 0.3) is 0 Å². The molecule has 1 heterocycles. The molecule has 0 aromatic carbocycles. The molecule has 1 amide bonds. The van der Waals surface area contributed by atoms with E-state index in [1.165, 1.54) is 11.0 Å². The highest BCUT2D eigenvalue weighted by Crippen LogP contribution is 2.01. The summed E-state index contributed by atoms with van der Waals surface area (Å²) < 4.78 is 6.48. The first-order chi connectivity index (χ1) is 9.08. The van der Waals surface area contributed by atoms with E-state index in [1.807, 2.05) is 6.92 Å². The molecule has 1 aromatic rings. The van der Waals surface area contributed by atoms with Crippen LogP contribution in [0.5, 0.6) is 0 Å². The van der Waals surface area contributed by atoms with Gasteiger partial charge in [-0.3, -0.25) is 14.3 Å². The maximum atomic E-state index is 11.9. The lowest BCUT2D eigenvalue weighted by Gasteiger charge is -2.17. The highest BCUT2D eigenvalue weighted by molar-refractivity contribution is 5.93. The van der Waals surface area contributed by atoms with Crippen LogP contribution in [0, 0.1) is 0 Å². The standard InChI is InChI=1S/C13H19N3O3/c1-4-16(10-13(18)19-5-2)12(17)7-6-11-8-9-14-15(11)3/h6-9H,4-5,10H2,1-3H3/b7-6+. The molecule has 104 valence electrons. The fourth-order valence-corrected chi connectivity index (χ4v) is 1.52. The van der Waals surface area contributed by atoms with E-state index >= 15 is 0 Å². The molecule has 6 nitrogen and oxygen atoms in total. The SMILES string of the molecule is CCOC(=O)CN(CC)C(=O)/C=C/c1ccnn1C. The smallest absolute Gasteiger partial charge is 0.325 e. The van der Waals surface area contributed by atoms with Gasteiger partial charge in [-0.15, -0.1) is 0 Å². The van der Waals surface area contributed by atoms with Crippen molar-refractivity contribution in [3.63, 3.8) is 0 Å². The molecule has 0 saturated heterocycles. The van der Waals surface area contributed by atoms with Gasteiger partial charge in [0.1, 0.15) is 6.54 Å². The Morgan fingerprint density at radius 1 is 1.47 bits per heavy atom. The Bertz CT molecular complexity index is 465. The minimum absolute atomic E-state index is 0.0289. The molecule has 0 aliphatic heterocycles. The lowest BCUT2D eigenvalue weighted by molar-refractivity contribution is -0.147. The number of hydrogen-bond acceptors (Lipinski definition) is 4. The summed E-state index contributed by atoms with van der Waals surface area (Å²) in [5, 5.41) is 4.00. The third-order valence-corrected chi connectivity index (χ3v) is 2.57. The van der Waals surface area contributed by atoms with Crippen LogP contribution >= 0.6 is 0 Å².